The third kappa shape index (κ3) is 4.55. The van der Waals surface area contributed by atoms with E-state index in [1.165, 1.54) is 6.20 Å². The Morgan fingerprint density at radius 3 is 2.62 bits per heavy atom. The summed E-state index contributed by atoms with van der Waals surface area (Å²) in [6.07, 6.45) is 1.60. The quantitative estimate of drug-likeness (QED) is 0.470. The number of rotatable bonds is 5. The average molecular weight is 465 g/mol. The number of halogens is 3. The highest BCUT2D eigenvalue weighted by atomic mass is 31.2. The summed E-state index contributed by atoms with van der Waals surface area (Å²) in [5.74, 6) is 0.178. The third-order valence-corrected chi connectivity index (χ3v) is 7.57. The molecule has 2 atom stereocenters. The van der Waals surface area contributed by atoms with E-state index in [4.69, 9.17) is 0 Å². The summed E-state index contributed by atoms with van der Waals surface area (Å²) in [5, 5.41) is 7.64. The molecule has 4 rings (SSSR count). The molecule has 0 saturated heterocycles. The number of benzene rings is 1. The lowest BCUT2D eigenvalue weighted by Crippen LogP contribution is -2.37. The minimum absolute atomic E-state index is 0.0893. The molecule has 1 aromatic carbocycles. The molecule has 2 aromatic heterocycles. The van der Waals surface area contributed by atoms with Crippen LogP contribution >= 0.6 is 7.14 Å². The van der Waals surface area contributed by atoms with Crippen LogP contribution in [0, 0.1) is 0 Å². The molecule has 0 radical (unpaired) electrons. The van der Waals surface area contributed by atoms with Gasteiger partial charge in [0.15, 0.2) is 0 Å². The van der Waals surface area contributed by atoms with Crippen molar-refractivity contribution in [1.82, 2.24) is 20.3 Å². The van der Waals surface area contributed by atoms with E-state index in [1.54, 1.807) is 31.5 Å². The normalized spacial score (nSPS) is 19.9. The minimum Gasteiger partial charge on any atom is -0.360 e. The summed E-state index contributed by atoms with van der Waals surface area (Å²) in [7, 11) is -0.720. The lowest BCUT2D eigenvalue weighted by Gasteiger charge is -2.29. The average Bonchev–Trinajstić information content (AvgIpc) is 3.16. The molecule has 10 heteroatoms. The zero-order chi connectivity index (χ0) is 23.1. The zero-order valence-electron chi connectivity index (χ0n) is 18.3. The molecule has 6 nitrogen and oxygen atoms in total. The third-order valence-electron chi connectivity index (χ3n) is 6.04. The lowest BCUT2D eigenvalue weighted by atomic mass is 9.91. The molecule has 1 fully saturated rings. The van der Waals surface area contributed by atoms with Crippen LogP contribution in [0.15, 0.2) is 30.6 Å². The van der Waals surface area contributed by atoms with Gasteiger partial charge in [-0.05, 0) is 52.1 Å². The number of nitrogens with zero attached hydrogens (tertiary/aromatic N) is 2. The second kappa shape index (κ2) is 8.52. The maximum absolute atomic E-state index is 13.8. The van der Waals surface area contributed by atoms with Crippen molar-refractivity contribution in [3.8, 4) is 11.3 Å². The van der Waals surface area contributed by atoms with Gasteiger partial charge < -0.3 is 20.2 Å². The number of hydrogen-bond acceptors (Lipinski definition) is 5. The Balaban J connectivity index is 1.79. The summed E-state index contributed by atoms with van der Waals surface area (Å²) < 4.78 is 54.2. The number of nitrogens with one attached hydrogen (secondary N) is 3. The Bertz CT molecular complexity index is 1170. The smallest absolute Gasteiger partial charge is 0.360 e. The van der Waals surface area contributed by atoms with E-state index >= 15 is 0 Å². The van der Waals surface area contributed by atoms with Crippen molar-refractivity contribution in [2.45, 2.75) is 43.9 Å². The van der Waals surface area contributed by atoms with Crippen molar-refractivity contribution >= 4 is 29.3 Å². The molecular formula is C22H27F3N5OP. The molecule has 1 aliphatic rings. The first-order valence-corrected chi connectivity index (χ1v) is 13.2. The van der Waals surface area contributed by atoms with Crippen LogP contribution in [0.3, 0.4) is 0 Å². The molecule has 0 spiro atoms. The minimum atomic E-state index is -4.61. The van der Waals surface area contributed by atoms with Crippen LogP contribution in [0.5, 0.6) is 0 Å². The molecule has 0 aliphatic heterocycles. The van der Waals surface area contributed by atoms with E-state index < -0.39 is 18.9 Å². The number of H-pyrrole nitrogens is 1. The van der Waals surface area contributed by atoms with Gasteiger partial charge in [-0.25, -0.2) is 9.97 Å². The Labute approximate surface area is 184 Å². The molecule has 2 heterocycles. The van der Waals surface area contributed by atoms with E-state index in [-0.39, 0.29) is 17.7 Å². The first-order chi connectivity index (χ1) is 15.1. The van der Waals surface area contributed by atoms with Crippen LogP contribution in [0.25, 0.3) is 22.2 Å². The van der Waals surface area contributed by atoms with Crippen molar-refractivity contribution < 1.29 is 17.7 Å². The number of aromatic amines is 1. The summed E-state index contributed by atoms with van der Waals surface area (Å²) in [6, 6.07) is 5.62. The maximum Gasteiger partial charge on any atom is 0.419 e. The number of hydrogen-bond donors (Lipinski definition) is 3. The van der Waals surface area contributed by atoms with Gasteiger partial charge in [0.1, 0.15) is 12.7 Å². The summed E-state index contributed by atoms with van der Waals surface area (Å²) in [6.45, 7) is 3.28. The Morgan fingerprint density at radius 2 is 1.94 bits per heavy atom. The number of fused-ring (bicyclic) bond motifs is 1. The number of anilines is 1. The molecule has 1 aliphatic carbocycles. The summed E-state index contributed by atoms with van der Waals surface area (Å²) in [5.41, 5.74) is -0.213. The first-order valence-electron chi connectivity index (χ1n) is 10.6. The largest absolute Gasteiger partial charge is 0.419 e. The van der Waals surface area contributed by atoms with Gasteiger partial charge in [-0.15, -0.1) is 0 Å². The predicted octanol–water partition coefficient (Wildman–Crippen LogP) is 4.83. The van der Waals surface area contributed by atoms with Gasteiger partial charge in [0.25, 0.3) is 0 Å². The fourth-order valence-corrected chi connectivity index (χ4v) is 5.58. The van der Waals surface area contributed by atoms with Crippen molar-refractivity contribution in [3.05, 3.63) is 36.2 Å². The SMILES string of the molecule is CN[C@@H]1CCC[C@H](Nc2ncc(C(F)(F)F)c(-c3c[nH]c4c(P(C)(C)=O)cccc34)n2)C1. The van der Waals surface area contributed by atoms with Gasteiger partial charge >= 0.3 is 6.18 Å². The van der Waals surface area contributed by atoms with E-state index in [0.29, 0.717) is 27.8 Å². The van der Waals surface area contributed by atoms with E-state index in [1.807, 2.05) is 7.05 Å². The Hall–Kier alpha value is -2.38. The highest BCUT2D eigenvalue weighted by Crippen LogP contribution is 2.42. The summed E-state index contributed by atoms with van der Waals surface area (Å²) >= 11 is 0. The molecule has 0 bridgehead atoms. The molecule has 0 amide bonds. The van der Waals surface area contributed by atoms with Crippen LogP contribution in [-0.4, -0.2) is 47.4 Å². The van der Waals surface area contributed by atoms with Crippen LogP contribution in [0.1, 0.15) is 31.2 Å². The van der Waals surface area contributed by atoms with Crippen molar-refractivity contribution in [2.24, 2.45) is 0 Å². The molecule has 0 unspecified atom stereocenters. The van der Waals surface area contributed by atoms with Crippen LogP contribution < -0.4 is 15.9 Å². The second-order valence-corrected chi connectivity index (χ2v) is 11.9. The Kier molecular flexibility index (Phi) is 6.07. The second-order valence-electron chi connectivity index (χ2n) is 8.70. The lowest BCUT2D eigenvalue weighted by molar-refractivity contribution is -0.137. The number of alkyl halides is 3. The standard InChI is InChI=1S/C22H27F3N5OP/c1-26-13-6-4-7-14(10-13)29-21-28-12-17(22(23,24)25)19(30-21)16-11-27-20-15(16)8-5-9-18(20)32(2,3)31/h5,8-9,11-14,26-27H,4,6-7,10H2,1-3H3,(H,28,29,30)/t13-,14+/m1/s1. The van der Waals surface area contributed by atoms with E-state index in [0.717, 1.165) is 31.9 Å². The summed E-state index contributed by atoms with van der Waals surface area (Å²) in [4.78, 5) is 11.3. The molecule has 32 heavy (non-hydrogen) atoms. The van der Waals surface area contributed by atoms with E-state index in [2.05, 4.69) is 25.6 Å². The van der Waals surface area contributed by atoms with Gasteiger partial charge in [0.2, 0.25) is 5.95 Å². The molecule has 3 N–H and O–H groups in total. The first kappa shape index (κ1) is 22.8. The molecular weight excluding hydrogens is 438 g/mol. The van der Waals surface area contributed by atoms with Crippen molar-refractivity contribution in [2.75, 3.05) is 25.7 Å². The highest BCUT2D eigenvalue weighted by Gasteiger charge is 2.36. The monoisotopic (exact) mass is 465 g/mol. The van der Waals surface area contributed by atoms with Gasteiger partial charge in [0, 0.05) is 40.7 Å². The van der Waals surface area contributed by atoms with Gasteiger partial charge in [0.05, 0.1) is 11.2 Å². The fraction of sp³-hybridized carbons (Fsp3) is 0.455. The zero-order valence-corrected chi connectivity index (χ0v) is 19.1. The molecule has 3 aromatic rings. The predicted molar refractivity (Wildman–Crippen MR) is 122 cm³/mol. The van der Waals surface area contributed by atoms with Gasteiger partial charge in [-0.3, -0.25) is 0 Å². The number of para-hydroxylation sites is 1. The number of aromatic nitrogens is 3. The topological polar surface area (TPSA) is 82.7 Å². The van der Waals surface area contributed by atoms with Gasteiger partial charge in [-0.1, -0.05) is 12.1 Å². The van der Waals surface area contributed by atoms with Crippen LogP contribution in [-0.2, 0) is 10.7 Å². The molecule has 1 saturated carbocycles. The fourth-order valence-electron chi connectivity index (χ4n) is 4.41. The van der Waals surface area contributed by atoms with Crippen molar-refractivity contribution in [3.63, 3.8) is 0 Å². The van der Waals surface area contributed by atoms with Crippen LogP contribution in [0.4, 0.5) is 19.1 Å². The maximum atomic E-state index is 13.8. The Morgan fingerprint density at radius 1 is 1.19 bits per heavy atom. The van der Waals surface area contributed by atoms with E-state index in [9.17, 15) is 17.7 Å². The van der Waals surface area contributed by atoms with Gasteiger partial charge in [-0.2, -0.15) is 13.2 Å². The van der Waals surface area contributed by atoms with Crippen molar-refractivity contribution in [1.29, 1.82) is 0 Å². The molecule has 172 valence electrons. The highest BCUT2D eigenvalue weighted by molar-refractivity contribution is 7.70. The van der Waals surface area contributed by atoms with Crippen LogP contribution in [0.2, 0.25) is 0 Å².